The van der Waals surface area contributed by atoms with Crippen LogP contribution in [0.3, 0.4) is 0 Å². The zero-order chi connectivity index (χ0) is 12.3. The van der Waals surface area contributed by atoms with E-state index in [0.717, 1.165) is 0 Å². The van der Waals surface area contributed by atoms with Gasteiger partial charge in [0.2, 0.25) is 0 Å². The van der Waals surface area contributed by atoms with Gasteiger partial charge < -0.3 is 9.09 Å². The normalized spacial score (nSPS) is 12.4. The van der Waals surface area contributed by atoms with Crippen LogP contribution in [0.15, 0.2) is 9.99 Å². The summed E-state index contributed by atoms with van der Waals surface area (Å²) in [7, 11) is -7.84. The first-order chi connectivity index (χ1) is 6.66. The molecule has 0 bridgehead atoms. The van der Waals surface area contributed by atoms with E-state index in [1.165, 1.54) is 0 Å². The summed E-state index contributed by atoms with van der Waals surface area (Å²) in [4.78, 5) is 17.2. The Bertz CT molecular complexity index is 335. The monoisotopic (exact) mass is 296 g/mol. The first-order valence-electron chi connectivity index (χ1n) is 4.05. The molecule has 0 unspecified atom stereocenters. The van der Waals surface area contributed by atoms with Gasteiger partial charge in [0.25, 0.3) is 0 Å². The Kier molecular flexibility index (Phi) is 5.91. The fourth-order valence-corrected chi connectivity index (χ4v) is 4.56. The predicted molar refractivity (Wildman–Crippen MR) is 60.5 cm³/mol. The van der Waals surface area contributed by atoms with E-state index >= 15 is 0 Å². The highest BCUT2D eigenvalue weighted by atomic mass is 35.5. The molecule has 0 amide bonds. The van der Waals surface area contributed by atoms with Crippen LogP contribution >= 0.6 is 38.2 Å². The number of hydrogen-bond donors (Lipinski definition) is 2. The van der Waals surface area contributed by atoms with E-state index in [4.69, 9.17) is 33.0 Å². The van der Waals surface area contributed by atoms with Crippen molar-refractivity contribution in [3.8, 4) is 0 Å². The molecule has 0 aromatic heterocycles. The molecule has 0 heterocycles. The molecular formula is C6H12Cl2O5P2. The van der Waals surface area contributed by atoms with E-state index in [1.54, 1.807) is 13.8 Å². The van der Waals surface area contributed by atoms with Gasteiger partial charge in [-0.3, -0.25) is 9.79 Å². The van der Waals surface area contributed by atoms with Crippen LogP contribution in [-0.4, -0.2) is 22.1 Å². The summed E-state index contributed by atoms with van der Waals surface area (Å²) in [6.07, 6.45) is 0.337. The second-order valence-electron chi connectivity index (χ2n) is 2.67. The lowest BCUT2D eigenvalue weighted by atomic mass is 11.0. The van der Waals surface area contributed by atoms with Crippen LogP contribution < -0.4 is 0 Å². The Balaban J connectivity index is 5.29. The molecule has 9 heteroatoms. The molecule has 0 atom stereocenters. The van der Waals surface area contributed by atoms with Crippen molar-refractivity contribution in [1.29, 1.82) is 0 Å². The van der Waals surface area contributed by atoms with Gasteiger partial charge >= 0.3 is 7.82 Å². The van der Waals surface area contributed by atoms with Crippen molar-refractivity contribution in [2.45, 2.75) is 13.8 Å². The van der Waals surface area contributed by atoms with Crippen LogP contribution in [0, 0.1) is 0 Å². The van der Waals surface area contributed by atoms with Gasteiger partial charge in [0.15, 0.2) is 17.1 Å². The Morgan fingerprint density at radius 1 is 1.20 bits per heavy atom. The molecule has 90 valence electrons. The minimum absolute atomic E-state index is 0.168. The van der Waals surface area contributed by atoms with Gasteiger partial charge in [-0.15, -0.1) is 0 Å². The van der Waals surface area contributed by atoms with Gasteiger partial charge in [-0.1, -0.05) is 37.0 Å². The molecule has 0 saturated carbocycles. The van der Waals surface area contributed by atoms with Crippen LogP contribution in [0.1, 0.15) is 13.8 Å². The van der Waals surface area contributed by atoms with Crippen LogP contribution in [0.25, 0.3) is 0 Å². The molecular weight excluding hydrogens is 285 g/mol. The van der Waals surface area contributed by atoms with Crippen molar-refractivity contribution in [1.82, 2.24) is 0 Å². The topological polar surface area (TPSA) is 83.8 Å². The number of phosphoric ester groups is 1. The number of halogens is 2. The van der Waals surface area contributed by atoms with Crippen molar-refractivity contribution in [3.63, 3.8) is 0 Å². The molecule has 0 spiro atoms. The zero-order valence-electron chi connectivity index (χ0n) is 8.18. The van der Waals surface area contributed by atoms with E-state index in [0.29, 0.717) is 0 Å². The standard InChI is InChI=1S/C6H12Cl2O5P2/c1-3-14(9,4-2)6(5(7)8)13-15(10,11)12/h3-4H2,1-2H3,(H2,10,11,12). The lowest BCUT2D eigenvalue weighted by molar-refractivity contribution is 0.251. The van der Waals surface area contributed by atoms with Gasteiger partial charge in [-0.05, 0) is 0 Å². The van der Waals surface area contributed by atoms with E-state index < -0.39 is 25.0 Å². The van der Waals surface area contributed by atoms with E-state index in [-0.39, 0.29) is 12.3 Å². The predicted octanol–water partition coefficient (Wildman–Crippen LogP) is 3.10. The number of hydrogen-bond acceptors (Lipinski definition) is 3. The van der Waals surface area contributed by atoms with Crippen LogP contribution in [0.4, 0.5) is 0 Å². The Morgan fingerprint density at radius 3 is 1.80 bits per heavy atom. The average Bonchev–Trinajstić information content (AvgIpc) is 2.11. The molecule has 0 saturated heterocycles. The second kappa shape index (κ2) is 5.72. The lowest BCUT2D eigenvalue weighted by Gasteiger charge is -2.19. The fraction of sp³-hybridized carbons (Fsp3) is 0.667. The average molecular weight is 297 g/mol. The van der Waals surface area contributed by atoms with Crippen molar-refractivity contribution in [2.24, 2.45) is 0 Å². The zero-order valence-corrected chi connectivity index (χ0v) is 11.5. The molecule has 0 aliphatic heterocycles. The first-order valence-corrected chi connectivity index (χ1v) is 8.41. The summed E-state index contributed by atoms with van der Waals surface area (Å²) in [5.41, 5.74) is -0.496. The smallest absolute Gasteiger partial charge is 0.398 e. The Labute approximate surface area is 98.0 Å². The SMILES string of the molecule is CCP(=O)(CC)C(OP(=O)(O)O)=C(Cl)Cl. The molecule has 0 fully saturated rings. The molecule has 0 aliphatic rings. The summed E-state index contributed by atoms with van der Waals surface area (Å²) >= 11 is 10.8. The summed E-state index contributed by atoms with van der Waals surface area (Å²) < 4.78 is 26.5. The highest BCUT2D eigenvalue weighted by molar-refractivity contribution is 7.68. The summed E-state index contributed by atoms with van der Waals surface area (Å²) in [5, 5.41) is 0. The van der Waals surface area contributed by atoms with Crippen LogP contribution in [0.5, 0.6) is 0 Å². The fourth-order valence-electron chi connectivity index (χ4n) is 0.886. The Morgan fingerprint density at radius 2 is 1.60 bits per heavy atom. The molecule has 0 aromatic rings. The van der Waals surface area contributed by atoms with Crippen molar-refractivity contribution < 1.29 is 23.4 Å². The van der Waals surface area contributed by atoms with Gasteiger partial charge in [0.05, 0.1) is 0 Å². The van der Waals surface area contributed by atoms with Crippen molar-refractivity contribution in [3.05, 3.63) is 9.99 Å². The lowest BCUT2D eigenvalue weighted by Crippen LogP contribution is -1.98. The summed E-state index contributed by atoms with van der Waals surface area (Å²) in [6, 6.07) is 0. The quantitative estimate of drug-likeness (QED) is 0.601. The molecule has 2 N–H and O–H groups in total. The van der Waals surface area contributed by atoms with Crippen molar-refractivity contribution >= 4 is 38.2 Å². The number of phosphoric acid groups is 1. The molecule has 15 heavy (non-hydrogen) atoms. The highest BCUT2D eigenvalue weighted by Crippen LogP contribution is 2.60. The molecule has 0 rings (SSSR count). The second-order valence-corrected chi connectivity index (χ2v) is 8.23. The minimum Gasteiger partial charge on any atom is -0.398 e. The van der Waals surface area contributed by atoms with E-state index in [2.05, 4.69) is 4.52 Å². The molecule has 0 aromatic carbocycles. The van der Waals surface area contributed by atoms with Crippen LogP contribution in [0.2, 0.25) is 0 Å². The maximum Gasteiger partial charge on any atom is 0.525 e. The highest BCUT2D eigenvalue weighted by Gasteiger charge is 2.33. The third kappa shape index (κ3) is 4.90. The largest absolute Gasteiger partial charge is 0.525 e. The molecule has 0 radical (unpaired) electrons. The summed E-state index contributed by atoms with van der Waals surface area (Å²) in [5.74, 6) is 0. The molecule has 5 nitrogen and oxygen atoms in total. The van der Waals surface area contributed by atoms with Gasteiger partial charge in [0.1, 0.15) is 0 Å². The maximum absolute atomic E-state index is 12.1. The Hall–Kier alpha value is 0.500. The molecule has 0 aliphatic carbocycles. The van der Waals surface area contributed by atoms with Crippen LogP contribution in [-0.2, 0) is 13.7 Å². The first kappa shape index (κ1) is 15.5. The van der Waals surface area contributed by atoms with E-state index in [1.807, 2.05) is 0 Å². The van der Waals surface area contributed by atoms with Gasteiger partial charge in [-0.2, -0.15) is 0 Å². The van der Waals surface area contributed by atoms with Gasteiger partial charge in [-0.25, -0.2) is 4.57 Å². The summed E-state index contributed by atoms with van der Waals surface area (Å²) in [6.45, 7) is 3.20. The van der Waals surface area contributed by atoms with Crippen molar-refractivity contribution in [2.75, 3.05) is 12.3 Å². The number of rotatable bonds is 5. The minimum atomic E-state index is -4.80. The third-order valence-corrected chi connectivity index (χ3v) is 6.03. The third-order valence-electron chi connectivity index (χ3n) is 1.76. The maximum atomic E-state index is 12.1. The van der Waals surface area contributed by atoms with E-state index in [9.17, 15) is 9.13 Å². The van der Waals surface area contributed by atoms with Gasteiger partial charge in [0, 0.05) is 12.3 Å².